The van der Waals surface area contributed by atoms with Crippen LogP contribution in [0.25, 0.3) is 0 Å². The van der Waals surface area contributed by atoms with Gasteiger partial charge >= 0.3 is 0 Å². The van der Waals surface area contributed by atoms with Crippen LogP contribution in [0.1, 0.15) is 25.7 Å². The number of rotatable bonds is 8. The lowest BCUT2D eigenvalue weighted by atomic mass is 10.1. The Bertz CT molecular complexity index is 157. The molecule has 0 aromatic rings. The molecular weight excluding hydrogens is 166 g/mol. The maximum Gasteiger partial charge on any atom is 0.149 e. The average molecular weight is 185 g/mol. The van der Waals surface area contributed by atoms with Crippen LogP contribution in [0.3, 0.4) is 0 Å². The molecule has 1 atom stereocenters. The van der Waals surface area contributed by atoms with E-state index in [2.05, 4.69) is 6.58 Å². The van der Waals surface area contributed by atoms with Gasteiger partial charge in [-0.1, -0.05) is 6.08 Å². The van der Waals surface area contributed by atoms with Crippen molar-refractivity contribution in [1.29, 1.82) is 0 Å². The van der Waals surface area contributed by atoms with Crippen LogP contribution < -0.4 is 5.73 Å². The Morgan fingerprint density at radius 1 is 1.69 bits per heavy atom. The number of methoxy groups -OCH3 is 1. The van der Waals surface area contributed by atoms with Crippen LogP contribution in [0, 0.1) is 0 Å². The average Bonchev–Trinajstić information content (AvgIpc) is 2.14. The van der Waals surface area contributed by atoms with Gasteiger partial charge in [-0.2, -0.15) is 0 Å². The summed E-state index contributed by atoms with van der Waals surface area (Å²) >= 11 is 0. The number of ether oxygens (including phenoxy) is 1. The van der Waals surface area contributed by atoms with Crippen molar-refractivity contribution in [1.82, 2.24) is 0 Å². The SMILES string of the molecule is C=CCCCC(=O)C(N)CCOC. The van der Waals surface area contributed by atoms with Gasteiger partial charge in [-0.25, -0.2) is 0 Å². The van der Waals surface area contributed by atoms with Crippen molar-refractivity contribution < 1.29 is 9.53 Å². The fraction of sp³-hybridized carbons (Fsp3) is 0.700. The lowest BCUT2D eigenvalue weighted by Crippen LogP contribution is -2.31. The summed E-state index contributed by atoms with van der Waals surface area (Å²) < 4.78 is 4.84. The van der Waals surface area contributed by atoms with Crippen molar-refractivity contribution in [3.8, 4) is 0 Å². The van der Waals surface area contributed by atoms with E-state index in [1.54, 1.807) is 7.11 Å². The Kier molecular flexibility index (Phi) is 7.54. The standard InChI is InChI=1S/C10H19NO2/c1-3-4-5-6-10(12)9(11)7-8-13-2/h3,9H,1,4-8,11H2,2H3. The molecule has 0 aliphatic rings. The molecule has 0 saturated carbocycles. The second kappa shape index (κ2) is 7.95. The van der Waals surface area contributed by atoms with Crippen molar-refractivity contribution in [2.75, 3.05) is 13.7 Å². The highest BCUT2D eigenvalue weighted by atomic mass is 16.5. The minimum atomic E-state index is -0.357. The number of nitrogens with two attached hydrogens (primary N) is 1. The predicted molar refractivity (Wildman–Crippen MR) is 53.5 cm³/mol. The van der Waals surface area contributed by atoms with Crippen molar-refractivity contribution in [3.63, 3.8) is 0 Å². The van der Waals surface area contributed by atoms with Gasteiger partial charge in [0.05, 0.1) is 6.04 Å². The topological polar surface area (TPSA) is 52.3 Å². The van der Waals surface area contributed by atoms with Crippen molar-refractivity contribution in [2.45, 2.75) is 31.7 Å². The first-order valence-corrected chi connectivity index (χ1v) is 4.60. The molecule has 0 aromatic carbocycles. The van der Waals surface area contributed by atoms with Crippen molar-refractivity contribution >= 4 is 5.78 Å². The third-order valence-electron chi connectivity index (χ3n) is 1.88. The van der Waals surface area contributed by atoms with E-state index in [1.165, 1.54) is 0 Å². The van der Waals surface area contributed by atoms with Gasteiger partial charge in [0, 0.05) is 20.1 Å². The molecule has 3 heteroatoms. The molecule has 0 radical (unpaired) electrons. The van der Waals surface area contributed by atoms with Gasteiger partial charge in [0.15, 0.2) is 0 Å². The molecule has 0 heterocycles. The Labute approximate surface area is 79.9 Å². The van der Waals surface area contributed by atoms with Gasteiger partial charge < -0.3 is 10.5 Å². The molecule has 0 rings (SSSR count). The highest BCUT2D eigenvalue weighted by Crippen LogP contribution is 2.01. The Balaban J connectivity index is 3.50. The summed E-state index contributed by atoms with van der Waals surface area (Å²) in [6.07, 6.45) is 4.71. The molecule has 0 bridgehead atoms. The second-order valence-corrected chi connectivity index (χ2v) is 3.04. The molecule has 0 fully saturated rings. The number of hydrogen-bond acceptors (Lipinski definition) is 3. The zero-order valence-electron chi connectivity index (χ0n) is 8.29. The summed E-state index contributed by atoms with van der Waals surface area (Å²) in [4.78, 5) is 11.3. The smallest absolute Gasteiger partial charge is 0.149 e. The zero-order valence-corrected chi connectivity index (χ0v) is 8.29. The molecule has 0 amide bonds. The monoisotopic (exact) mass is 185 g/mol. The van der Waals surface area contributed by atoms with Gasteiger partial charge in [-0.3, -0.25) is 4.79 Å². The molecule has 3 nitrogen and oxygen atoms in total. The van der Waals surface area contributed by atoms with E-state index >= 15 is 0 Å². The summed E-state index contributed by atoms with van der Waals surface area (Å²) in [5.41, 5.74) is 5.63. The minimum absolute atomic E-state index is 0.124. The highest BCUT2D eigenvalue weighted by molar-refractivity contribution is 5.83. The fourth-order valence-corrected chi connectivity index (χ4v) is 1.01. The van der Waals surface area contributed by atoms with Gasteiger partial charge in [-0.15, -0.1) is 6.58 Å². The molecule has 0 saturated heterocycles. The molecule has 13 heavy (non-hydrogen) atoms. The van der Waals surface area contributed by atoms with E-state index in [9.17, 15) is 4.79 Å². The molecule has 2 N–H and O–H groups in total. The fourth-order valence-electron chi connectivity index (χ4n) is 1.01. The quantitative estimate of drug-likeness (QED) is 0.458. The van der Waals surface area contributed by atoms with E-state index in [-0.39, 0.29) is 11.8 Å². The lowest BCUT2D eigenvalue weighted by molar-refractivity contribution is -0.120. The van der Waals surface area contributed by atoms with Crippen LogP contribution in [0.4, 0.5) is 0 Å². The second-order valence-electron chi connectivity index (χ2n) is 3.04. The van der Waals surface area contributed by atoms with Gasteiger partial charge in [0.2, 0.25) is 0 Å². The van der Waals surface area contributed by atoms with Crippen LogP contribution in [-0.4, -0.2) is 25.5 Å². The maximum atomic E-state index is 11.3. The summed E-state index contributed by atoms with van der Waals surface area (Å²) in [5.74, 6) is 0.124. The maximum absolute atomic E-state index is 11.3. The predicted octanol–water partition coefficient (Wildman–Crippen LogP) is 1.28. The summed E-state index contributed by atoms with van der Waals surface area (Å²) in [7, 11) is 1.61. The van der Waals surface area contributed by atoms with E-state index in [4.69, 9.17) is 10.5 Å². The molecule has 0 aliphatic heterocycles. The van der Waals surface area contributed by atoms with Crippen LogP contribution in [0.2, 0.25) is 0 Å². The van der Waals surface area contributed by atoms with E-state index in [1.807, 2.05) is 6.08 Å². The van der Waals surface area contributed by atoms with E-state index in [0.717, 1.165) is 12.8 Å². The van der Waals surface area contributed by atoms with Crippen LogP contribution in [0.5, 0.6) is 0 Å². The first-order valence-electron chi connectivity index (χ1n) is 4.60. The van der Waals surface area contributed by atoms with Gasteiger partial charge in [0.1, 0.15) is 5.78 Å². The van der Waals surface area contributed by atoms with E-state index < -0.39 is 0 Å². The number of Topliss-reactive ketones (excluding diaryl/α,β-unsaturated/α-hetero) is 1. The van der Waals surface area contributed by atoms with Crippen molar-refractivity contribution in [2.24, 2.45) is 5.73 Å². The number of hydrogen-bond donors (Lipinski definition) is 1. The zero-order chi connectivity index (χ0) is 10.1. The number of allylic oxidation sites excluding steroid dienone is 1. The Hall–Kier alpha value is -0.670. The number of carbonyl (C=O) groups is 1. The van der Waals surface area contributed by atoms with Crippen LogP contribution >= 0.6 is 0 Å². The lowest BCUT2D eigenvalue weighted by Gasteiger charge is -2.08. The third kappa shape index (κ3) is 6.49. The van der Waals surface area contributed by atoms with Crippen LogP contribution in [0.15, 0.2) is 12.7 Å². The molecule has 1 unspecified atom stereocenters. The molecular formula is C10H19NO2. The van der Waals surface area contributed by atoms with Gasteiger partial charge in [-0.05, 0) is 19.3 Å². The molecule has 0 aliphatic carbocycles. The van der Waals surface area contributed by atoms with Crippen LogP contribution in [-0.2, 0) is 9.53 Å². The first-order chi connectivity index (χ1) is 6.22. The summed E-state index contributed by atoms with van der Waals surface area (Å²) in [6.45, 7) is 4.14. The third-order valence-corrected chi connectivity index (χ3v) is 1.88. The van der Waals surface area contributed by atoms with Crippen molar-refractivity contribution in [3.05, 3.63) is 12.7 Å². The normalized spacial score (nSPS) is 12.5. The minimum Gasteiger partial charge on any atom is -0.385 e. The number of unbranched alkanes of at least 4 members (excludes halogenated alkanes) is 1. The molecule has 0 spiro atoms. The Morgan fingerprint density at radius 3 is 2.92 bits per heavy atom. The summed E-state index contributed by atoms with van der Waals surface area (Å²) in [5, 5.41) is 0. The highest BCUT2D eigenvalue weighted by Gasteiger charge is 2.11. The first kappa shape index (κ1) is 12.3. The summed E-state index contributed by atoms with van der Waals surface area (Å²) in [6, 6.07) is -0.357. The number of carbonyl (C=O) groups excluding carboxylic acids is 1. The van der Waals surface area contributed by atoms with E-state index in [0.29, 0.717) is 19.4 Å². The molecule has 0 aromatic heterocycles. The largest absolute Gasteiger partial charge is 0.385 e. The molecule has 76 valence electrons. The van der Waals surface area contributed by atoms with Gasteiger partial charge in [0.25, 0.3) is 0 Å². The Morgan fingerprint density at radius 2 is 2.38 bits per heavy atom. The number of ketones is 1.